The largest absolute Gasteiger partial charge is 0.391 e. The van der Waals surface area contributed by atoms with Crippen molar-refractivity contribution >= 4 is 11.8 Å². The highest BCUT2D eigenvalue weighted by Gasteiger charge is 2.27. The summed E-state index contributed by atoms with van der Waals surface area (Å²) >= 11 is 1.93. The van der Waals surface area contributed by atoms with E-state index in [9.17, 15) is 5.11 Å². The van der Waals surface area contributed by atoms with E-state index in [4.69, 9.17) is 0 Å². The topological polar surface area (TPSA) is 26.7 Å². The summed E-state index contributed by atoms with van der Waals surface area (Å²) < 4.78 is 0. The van der Waals surface area contributed by atoms with Gasteiger partial charge in [-0.05, 0) is 24.6 Å². The lowest BCUT2D eigenvalue weighted by molar-refractivity contribution is 0.0275. The van der Waals surface area contributed by atoms with Crippen LogP contribution in [0.3, 0.4) is 0 Å². The number of aliphatic hydroxyl groups is 1. The molecule has 2 aromatic rings. The Morgan fingerprint density at radius 1 is 0.920 bits per heavy atom. The molecule has 1 heterocycles. The van der Waals surface area contributed by atoms with E-state index in [1.807, 2.05) is 24.8 Å². The predicted molar refractivity (Wildman–Crippen MR) is 106 cm³/mol. The Labute approximate surface area is 155 Å². The Balaban J connectivity index is 1.47. The molecular weight excluding hydrogens is 328 g/mol. The molecule has 2 atom stereocenters. The number of aliphatic hydroxyl groups excluding tert-OH is 1. The van der Waals surface area contributed by atoms with E-state index in [-0.39, 0.29) is 12.1 Å². The average molecular weight is 357 g/mol. The second-order valence-corrected chi connectivity index (χ2v) is 7.80. The van der Waals surface area contributed by atoms with Crippen molar-refractivity contribution in [2.75, 3.05) is 38.5 Å². The summed E-state index contributed by atoms with van der Waals surface area (Å²) in [6, 6.07) is 21.1. The molecule has 0 aliphatic carbocycles. The molecule has 2 unspecified atom stereocenters. The van der Waals surface area contributed by atoms with E-state index in [1.165, 1.54) is 10.5 Å². The van der Waals surface area contributed by atoms with Crippen molar-refractivity contribution in [3.05, 3.63) is 66.2 Å². The van der Waals surface area contributed by atoms with E-state index in [0.717, 1.165) is 38.5 Å². The van der Waals surface area contributed by atoms with Crippen molar-refractivity contribution in [2.24, 2.45) is 0 Å². The third kappa shape index (κ3) is 5.32. The first-order valence-corrected chi connectivity index (χ1v) is 10.1. The summed E-state index contributed by atoms with van der Waals surface area (Å²) in [5.74, 6) is 1.13. The maximum Gasteiger partial charge on any atom is 0.0708 e. The second kappa shape index (κ2) is 9.39. The molecule has 0 radical (unpaired) electrons. The van der Waals surface area contributed by atoms with Crippen molar-refractivity contribution in [1.82, 2.24) is 9.80 Å². The molecule has 3 nitrogen and oxygen atoms in total. The van der Waals surface area contributed by atoms with Crippen LogP contribution >= 0.6 is 11.8 Å². The van der Waals surface area contributed by atoms with Crippen LogP contribution in [0.5, 0.6) is 0 Å². The normalized spacial score (nSPS) is 18.8. The Hall–Kier alpha value is -1.33. The third-order valence-electron chi connectivity index (χ3n) is 4.82. The number of rotatable bonds is 7. The lowest BCUT2D eigenvalue weighted by atomic mass is 10.00. The van der Waals surface area contributed by atoms with Gasteiger partial charge in [-0.1, -0.05) is 48.5 Å². The molecule has 1 fully saturated rings. The van der Waals surface area contributed by atoms with Gasteiger partial charge in [0.2, 0.25) is 0 Å². The van der Waals surface area contributed by atoms with Crippen molar-refractivity contribution in [1.29, 1.82) is 0 Å². The van der Waals surface area contributed by atoms with Crippen LogP contribution in [0.2, 0.25) is 0 Å². The van der Waals surface area contributed by atoms with Crippen molar-refractivity contribution in [2.45, 2.75) is 24.0 Å². The van der Waals surface area contributed by atoms with Crippen LogP contribution < -0.4 is 0 Å². The minimum absolute atomic E-state index is 0.0991. The molecule has 134 valence electrons. The fourth-order valence-corrected chi connectivity index (χ4v) is 4.45. The molecule has 4 heteroatoms. The van der Waals surface area contributed by atoms with Crippen LogP contribution in [0.25, 0.3) is 0 Å². The number of nitrogens with zero attached hydrogens (tertiary/aromatic N) is 2. The van der Waals surface area contributed by atoms with Crippen LogP contribution in [-0.4, -0.2) is 59.5 Å². The zero-order chi connectivity index (χ0) is 17.5. The molecule has 1 aliphatic heterocycles. The first-order chi connectivity index (χ1) is 12.2. The zero-order valence-electron chi connectivity index (χ0n) is 14.9. The highest BCUT2D eigenvalue weighted by Crippen LogP contribution is 2.26. The summed E-state index contributed by atoms with van der Waals surface area (Å²) in [7, 11) is 0. The van der Waals surface area contributed by atoms with Gasteiger partial charge >= 0.3 is 0 Å². The molecule has 1 saturated heterocycles. The van der Waals surface area contributed by atoms with Gasteiger partial charge in [-0.2, -0.15) is 0 Å². The fourth-order valence-electron chi connectivity index (χ4n) is 3.52. The van der Waals surface area contributed by atoms with Crippen LogP contribution in [0.15, 0.2) is 65.6 Å². The van der Waals surface area contributed by atoms with Crippen LogP contribution in [0.1, 0.15) is 18.5 Å². The van der Waals surface area contributed by atoms with Gasteiger partial charge in [-0.3, -0.25) is 9.80 Å². The lowest BCUT2D eigenvalue weighted by Gasteiger charge is -2.40. The SMILES string of the molecule is CC(O)C(c1ccccc1)N1CCN(CCSc2ccccc2)CC1. The standard InChI is InChI=1S/C21H28N2OS/c1-18(24)21(19-8-4-2-5-9-19)23-14-12-22(13-15-23)16-17-25-20-10-6-3-7-11-20/h2-11,18,21,24H,12-17H2,1H3. The molecular formula is C21H28N2OS. The van der Waals surface area contributed by atoms with Gasteiger partial charge in [0.05, 0.1) is 12.1 Å². The number of hydrogen-bond acceptors (Lipinski definition) is 4. The molecule has 2 aromatic carbocycles. The van der Waals surface area contributed by atoms with Crippen molar-refractivity contribution < 1.29 is 5.11 Å². The van der Waals surface area contributed by atoms with Crippen LogP contribution in [-0.2, 0) is 0 Å². The molecule has 1 aliphatic rings. The van der Waals surface area contributed by atoms with Gasteiger partial charge in [0, 0.05) is 43.4 Å². The summed E-state index contributed by atoms with van der Waals surface area (Å²) in [5.41, 5.74) is 1.21. The van der Waals surface area contributed by atoms with E-state index in [1.54, 1.807) is 0 Å². The van der Waals surface area contributed by atoms with Crippen LogP contribution in [0, 0.1) is 0 Å². The summed E-state index contributed by atoms with van der Waals surface area (Å²) in [6.07, 6.45) is -0.359. The van der Waals surface area contributed by atoms with Gasteiger partial charge in [0.15, 0.2) is 0 Å². The van der Waals surface area contributed by atoms with Crippen LogP contribution in [0.4, 0.5) is 0 Å². The number of thioether (sulfide) groups is 1. The number of piperazine rings is 1. The molecule has 3 rings (SSSR count). The summed E-state index contributed by atoms with van der Waals surface area (Å²) in [4.78, 5) is 6.32. The molecule has 0 amide bonds. The van der Waals surface area contributed by atoms with Gasteiger partial charge in [0.25, 0.3) is 0 Å². The lowest BCUT2D eigenvalue weighted by Crippen LogP contribution is -2.50. The first kappa shape index (κ1) is 18.5. The molecule has 0 bridgehead atoms. The maximum absolute atomic E-state index is 10.3. The fraction of sp³-hybridized carbons (Fsp3) is 0.429. The van der Waals surface area contributed by atoms with Gasteiger partial charge in [-0.25, -0.2) is 0 Å². The summed E-state index contributed by atoms with van der Waals surface area (Å²) in [6.45, 7) is 7.20. The average Bonchev–Trinajstić information content (AvgIpc) is 2.65. The highest BCUT2D eigenvalue weighted by atomic mass is 32.2. The Morgan fingerprint density at radius 2 is 1.52 bits per heavy atom. The first-order valence-electron chi connectivity index (χ1n) is 9.11. The van der Waals surface area contributed by atoms with E-state index >= 15 is 0 Å². The van der Waals surface area contributed by atoms with Gasteiger partial charge in [0.1, 0.15) is 0 Å². The van der Waals surface area contributed by atoms with Crippen molar-refractivity contribution in [3.8, 4) is 0 Å². The molecule has 0 saturated carbocycles. The highest BCUT2D eigenvalue weighted by molar-refractivity contribution is 7.99. The quantitative estimate of drug-likeness (QED) is 0.768. The maximum atomic E-state index is 10.3. The smallest absolute Gasteiger partial charge is 0.0708 e. The Kier molecular flexibility index (Phi) is 6.93. The van der Waals surface area contributed by atoms with E-state index < -0.39 is 0 Å². The molecule has 0 spiro atoms. The molecule has 0 aromatic heterocycles. The van der Waals surface area contributed by atoms with E-state index in [2.05, 4.69) is 64.4 Å². The number of benzene rings is 2. The third-order valence-corrected chi connectivity index (χ3v) is 5.81. The summed E-state index contributed by atoms with van der Waals surface area (Å²) in [5, 5.41) is 10.3. The van der Waals surface area contributed by atoms with Crippen molar-refractivity contribution in [3.63, 3.8) is 0 Å². The number of hydrogen-bond donors (Lipinski definition) is 1. The van der Waals surface area contributed by atoms with Gasteiger partial charge < -0.3 is 5.11 Å². The van der Waals surface area contributed by atoms with Gasteiger partial charge in [-0.15, -0.1) is 11.8 Å². The second-order valence-electron chi connectivity index (χ2n) is 6.64. The predicted octanol–water partition coefficient (Wildman–Crippen LogP) is 3.52. The minimum atomic E-state index is -0.359. The molecule has 1 N–H and O–H groups in total. The van der Waals surface area contributed by atoms with E-state index in [0.29, 0.717) is 0 Å². The molecule has 25 heavy (non-hydrogen) atoms. The Morgan fingerprint density at radius 3 is 2.12 bits per heavy atom. The Bertz CT molecular complexity index is 612. The monoisotopic (exact) mass is 356 g/mol. The zero-order valence-corrected chi connectivity index (χ0v) is 15.7. The minimum Gasteiger partial charge on any atom is -0.391 e.